The molecule has 4 rings (SSSR count). The number of aromatic amines is 1. The number of amides is 1. The number of halogens is 1. The maximum Gasteiger partial charge on any atom is 0.255 e. The van der Waals surface area contributed by atoms with Crippen LogP contribution in [-0.2, 0) is 5.41 Å². The van der Waals surface area contributed by atoms with Crippen molar-refractivity contribution in [2.75, 3.05) is 6.54 Å². The van der Waals surface area contributed by atoms with Gasteiger partial charge in [-0.3, -0.25) is 9.89 Å². The van der Waals surface area contributed by atoms with Crippen molar-refractivity contribution < 1.29 is 9.18 Å². The van der Waals surface area contributed by atoms with Crippen LogP contribution in [0.3, 0.4) is 0 Å². The summed E-state index contributed by atoms with van der Waals surface area (Å²) in [6.07, 6.45) is 3.54. The zero-order chi connectivity index (χ0) is 17.3. The minimum atomic E-state index is -0.241. The monoisotopic (exact) mass is 335 g/mol. The minimum absolute atomic E-state index is 0.0694. The van der Waals surface area contributed by atoms with Crippen molar-refractivity contribution >= 4 is 5.91 Å². The van der Waals surface area contributed by atoms with Crippen LogP contribution in [0.2, 0.25) is 0 Å². The molecule has 2 aromatic carbocycles. The van der Waals surface area contributed by atoms with Gasteiger partial charge in [-0.1, -0.05) is 42.5 Å². The van der Waals surface area contributed by atoms with Crippen molar-refractivity contribution in [1.29, 1.82) is 0 Å². The van der Waals surface area contributed by atoms with E-state index in [2.05, 4.69) is 15.5 Å². The highest BCUT2D eigenvalue weighted by molar-refractivity contribution is 5.99. The van der Waals surface area contributed by atoms with Gasteiger partial charge in [0.1, 0.15) is 5.82 Å². The maximum absolute atomic E-state index is 13.1. The SMILES string of the molecule is O=C(NCC1(c2ccc(F)cc2)CC1)c1cn[nH]c1-c1ccccc1. The van der Waals surface area contributed by atoms with Crippen LogP contribution in [0.1, 0.15) is 28.8 Å². The van der Waals surface area contributed by atoms with Crippen molar-refractivity contribution in [2.24, 2.45) is 0 Å². The summed E-state index contributed by atoms with van der Waals surface area (Å²) in [7, 11) is 0. The number of carbonyl (C=O) groups is 1. The topological polar surface area (TPSA) is 57.8 Å². The van der Waals surface area contributed by atoms with Crippen molar-refractivity contribution in [2.45, 2.75) is 18.3 Å². The molecule has 1 aliphatic rings. The summed E-state index contributed by atoms with van der Waals surface area (Å²) < 4.78 is 13.1. The highest BCUT2D eigenvalue weighted by atomic mass is 19.1. The predicted molar refractivity (Wildman–Crippen MR) is 93.7 cm³/mol. The Morgan fingerprint density at radius 2 is 1.84 bits per heavy atom. The van der Waals surface area contributed by atoms with Gasteiger partial charge in [0.25, 0.3) is 5.91 Å². The number of benzene rings is 2. The average Bonchev–Trinajstić information content (AvgIpc) is 3.27. The molecule has 0 atom stereocenters. The van der Waals surface area contributed by atoms with E-state index in [9.17, 15) is 9.18 Å². The van der Waals surface area contributed by atoms with Crippen molar-refractivity contribution in [3.63, 3.8) is 0 Å². The van der Waals surface area contributed by atoms with E-state index in [1.54, 1.807) is 6.20 Å². The molecular formula is C20H18FN3O. The number of nitrogens with zero attached hydrogens (tertiary/aromatic N) is 1. The first-order valence-corrected chi connectivity index (χ1v) is 8.31. The Balaban J connectivity index is 1.49. The lowest BCUT2D eigenvalue weighted by Crippen LogP contribution is -2.32. The second-order valence-electron chi connectivity index (χ2n) is 6.49. The first-order chi connectivity index (χ1) is 12.2. The van der Waals surface area contributed by atoms with Crippen LogP contribution < -0.4 is 5.32 Å². The summed E-state index contributed by atoms with van der Waals surface area (Å²) in [5.41, 5.74) is 3.17. The van der Waals surface area contributed by atoms with Gasteiger partial charge in [-0.2, -0.15) is 5.10 Å². The first-order valence-electron chi connectivity index (χ1n) is 8.31. The molecule has 25 heavy (non-hydrogen) atoms. The maximum atomic E-state index is 13.1. The Bertz CT molecular complexity index is 883. The van der Waals surface area contributed by atoms with Crippen LogP contribution in [0.4, 0.5) is 4.39 Å². The summed E-state index contributed by atoms with van der Waals surface area (Å²) in [5.74, 6) is -0.393. The number of rotatable bonds is 5. The molecule has 1 aliphatic carbocycles. The molecule has 0 aliphatic heterocycles. The van der Waals surface area contributed by atoms with E-state index in [1.165, 1.54) is 12.1 Å². The lowest BCUT2D eigenvalue weighted by atomic mass is 9.95. The molecule has 1 aromatic heterocycles. The van der Waals surface area contributed by atoms with Gasteiger partial charge in [-0.05, 0) is 30.5 Å². The molecule has 5 heteroatoms. The van der Waals surface area contributed by atoms with E-state index < -0.39 is 0 Å². The van der Waals surface area contributed by atoms with Crippen LogP contribution in [0, 0.1) is 5.82 Å². The van der Waals surface area contributed by atoms with Crippen LogP contribution in [-0.4, -0.2) is 22.6 Å². The van der Waals surface area contributed by atoms with Crippen LogP contribution in [0.15, 0.2) is 60.8 Å². The summed E-state index contributed by atoms with van der Waals surface area (Å²) >= 11 is 0. The molecule has 4 nitrogen and oxygen atoms in total. The Labute approximate surface area is 145 Å². The van der Waals surface area contributed by atoms with Gasteiger partial charge in [0.2, 0.25) is 0 Å². The third-order valence-electron chi connectivity index (χ3n) is 4.84. The summed E-state index contributed by atoms with van der Waals surface area (Å²) in [6, 6.07) is 16.2. The van der Waals surface area contributed by atoms with E-state index in [4.69, 9.17) is 0 Å². The Morgan fingerprint density at radius 3 is 2.52 bits per heavy atom. The smallest absolute Gasteiger partial charge is 0.255 e. The third kappa shape index (κ3) is 3.05. The molecule has 0 spiro atoms. The predicted octanol–water partition coefficient (Wildman–Crippen LogP) is 3.68. The van der Waals surface area contributed by atoms with Crippen LogP contribution >= 0.6 is 0 Å². The normalized spacial score (nSPS) is 14.9. The van der Waals surface area contributed by atoms with Gasteiger partial charge in [-0.25, -0.2) is 4.39 Å². The van der Waals surface area contributed by atoms with Gasteiger partial charge in [0.05, 0.1) is 17.5 Å². The number of H-pyrrole nitrogens is 1. The molecule has 126 valence electrons. The number of carbonyl (C=O) groups excluding carboxylic acids is 1. The van der Waals surface area contributed by atoms with Crippen LogP contribution in [0.25, 0.3) is 11.3 Å². The highest BCUT2D eigenvalue weighted by Gasteiger charge is 2.44. The van der Waals surface area contributed by atoms with Gasteiger partial charge in [0, 0.05) is 17.5 Å². The first kappa shape index (κ1) is 15.6. The van der Waals surface area contributed by atoms with Crippen molar-refractivity contribution in [3.8, 4) is 11.3 Å². The summed E-state index contributed by atoms with van der Waals surface area (Å²) in [4.78, 5) is 12.6. The van der Waals surface area contributed by atoms with Gasteiger partial charge in [-0.15, -0.1) is 0 Å². The fourth-order valence-electron chi connectivity index (χ4n) is 3.15. The van der Waals surface area contributed by atoms with E-state index in [0.717, 1.165) is 24.0 Å². The zero-order valence-corrected chi connectivity index (χ0v) is 13.6. The highest BCUT2D eigenvalue weighted by Crippen LogP contribution is 2.47. The van der Waals surface area contributed by atoms with E-state index in [-0.39, 0.29) is 17.1 Å². The molecule has 1 fully saturated rings. The average molecular weight is 335 g/mol. The molecule has 0 saturated heterocycles. The van der Waals surface area contributed by atoms with Gasteiger partial charge in [0.15, 0.2) is 0 Å². The second kappa shape index (κ2) is 6.16. The quantitative estimate of drug-likeness (QED) is 0.747. The lowest BCUT2D eigenvalue weighted by molar-refractivity contribution is 0.0950. The molecular weight excluding hydrogens is 317 g/mol. The van der Waals surface area contributed by atoms with Gasteiger partial charge < -0.3 is 5.32 Å². The molecule has 3 aromatic rings. The number of hydrogen-bond acceptors (Lipinski definition) is 2. The molecule has 0 radical (unpaired) electrons. The molecule has 0 unspecified atom stereocenters. The Hall–Kier alpha value is -2.95. The third-order valence-corrected chi connectivity index (χ3v) is 4.84. The molecule has 1 saturated carbocycles. The fourth-order valence-corrected chi connectivity index (χ4v) is 3.15. The molecule has 2 N–H and O–H groups in total. The second-order valence-corrected chi connectivity index (χ2v) is 6.49. The standard InChI is InChI=1S/C20H18FN3O/c21-16-8-6-15(7-9-16)20(10-11-20)13-22-19(25)17-12-23-24-18(17)14-4-2-1-3-5-14/h1-9,12H,10-11,13H2,(H,22,25)(H,23,24). The van der Waals surface area contributed by atoms with E-state index in [0.29, 0.717) is 17.8 Å². The number of aromatic nitrogens is 2. The van der Waals surface area contributed by atoms with Crippen molar-refractivity contribution in [1.82, 2.24) is 15.5 Å². The minimum Gasteiger partial charge on any atom is -0.351 e. The van der Waals surface area contributed by atoms with Crippen LogP contribution in [0.5, 0.6) is 0 Å². The largest absolute Gasteiger partial charge is 0.351 e. The molecule has 0 bridgehead atoms. The number of nitrogens with one attached hydrogen (secondary N) is 2. The summed E-state index contributed by atoms with van der Waals surface area (Å²) in [5, 5.41) is 9.94. The Kier molecular flexibility index (Phi) is 3.84. The van der Waals surface area contributed by atoms with E-state index >= 15 is 0 Å². The fraction of sp³-hybridized carbons (Fsp3) is 0.200. The lowest BCUT2D eigenvalue weighted by Gasteiger charge is -2.16. The van der Waals surface area contributed by atoms with Crippen molar-refractivity contribution in [3.05, 3.63) is 77.7 Å². The molecule has 1 heterocycles. The summed E-state index contributed by atoms with van der Waals surface area (Å²) in [6.45, 7) is 0.539. The molecule has 1 amide bonds. The Morgan fingerprint density at radius 1 is 1.12 bits per heavy atom. The zero-order valence-electron chi connectivity index (χ0n) is 13.6. The number of hydrogen-bond donors (Lipinski definition) is 2. The van der Waals surface area contributed by atoms with Gasteiger partial charge >= 0.3 is 0 Å². The van der Waals surface area contributed by atoms with E-state index in [1.807, 2.05) is 42.5 Å².